The Morgan fingerprint density at radius 3 is 2.53 bits per heavy atom. The molecule has 1 aliphatic rings. The van der Waals surface area contributed by atoms with E-state index >= 15 is 0 Å². The first-order valence-electron chi connectivity index (χ1n) is 5.43. The monoisotopic (exact) mass is 208 g/mol. The third-order valence-electron chi connectivity index (χ3n) is 2.70. The van der Waals surface area contributed by atoms with Crippen LogP contribution >= 0.6 is 0 Å². The van der Waals surface area contributed by atoms with Crippen molar-refractivity contribution in [1.82, 2.24) is 0 Å². The number of methoxy groups -OCH3 is 1. The molecule has 0 fully saturated rings. The van der Waals surface area contributed by atoms with Crippen molar-refractivity contribution in [3.63, 3.8) is 0 Å². The summed E-state index contributed by atoms with van der Waals surface area (Å²) in [6, 6.07) is 0. The SMILES string of the molecule is COC(=O)CCCC1=CC(C)(C)C=C1C. The van der Waals surface area contributed by atoms with Crippen molar-refractivity contribution in [2.75, 3.05) is 7.11 Å². The zero-order chi connectivity index (χ0) is 11.5. The third-order valence-corrected chi connectivity index (χ3v) is 2.70. The van der Waals surface area contributed by atoms with Crippen LogP contribution < -0.4 is 0 Å². The summed E-state index contributed by atoms with van der Waals surface area (Å²) in [5.74, 6) is -0.116. The maximum Gasteiger partial charge on any atom is 0.305 e. The van der Waals surface area contributed by atoms with Gasteiger partial charge in [0.15, 0.2) is 0 Å². The Morgan fingerprint density at radius 1 is 1.40 bits per heavy atom. The van der Waals surface area contributed by atoms with Gasteiger partial charge < -0.3 is 4.74 Å². The maximum absolute atomic E-state index is 10.9. The molecule has 0 atom stereocenters. The van der Waals surface area contributed by atoms with Crippen molar-refractivity contribution < 1.29 is 9.53 Å². The lowest BCUT2D eigenvalue weighted by molar-refractivity contribution is -0.140. The van der Waals surface area contributed by atoms with Crippen molar-refractivity contribution in [3.05, 3.63) is 23.3 Å². The predicted octanol–water partition coefficient (Wildman–Crippen LogP) is 3.24. The van der Waals surface area contributed by atoms with Crippen LogP contribution in [-0.4, -0.2) is 13.1 Å². The number of ether oxygens (including phenoxy) is 1. The second-order valence-corrected chi connectivity index (χ2v) is 4.75. The first kappa shape index (κ1) is 12.0. The van der Waals surface area contributed by atoms with Crippen LogP contribution in [0, 0.1) is 5.41 Å². The van der Waals surface area contributed by atoms with E-state index in [0.717, 1.165) is 12.8 Å². The molecule has 0 unspecified atom stereocenters. The average Bonchev–Trinajstić information content (AvgIpc) is 2.39. The Labute approximate surface area is 92.0 Å². The molecule has 0 aliphatic heterocycles. The van der Waals surface area contributed by atoms with Crippen LogP contribution in [0.15, 0.2) is 23.3 Å². The molecule has 2 nitrogen and oxygen atoms in total. The minimum absolute atomic E-state index is 0.116. The quantitative estimate of drug-likeness (QED) is 0.663. The lowest BCUT2D eigenvalue weighted by atomic mass is 9.96. The standard InChI is InChI=1S/C13H20O2/c1-10-8-13(2,3)9-11(10)6-5-7-12(14)15-4/h8-9H,5-7H2,1-4H3. The maximum atomic E-state index is 10.9. The summed E-state index contributed by atoms with van der Waals surface area (Å²) in [4.78, 5) is 10.9. The van der Waals surface area contributed by atoms with Gasteiger partial charge in [-0.05, 0) is 25.3 Å². The topological polar surface area (TPSA) is 26.3 Å². The molecule has 0 aromatic rings. The Balaban J connectivity index is 2.41. The van der Waals surface area contributed by atoms with Gasteiger partial charge in [0.05, 0.1) is 7.11 Å². The van der Waals surface area contributed by atoms with Crippen LogP contribution in [-0.2, 0) is 9.53 Å². The third kappa shape index (κ3) is 3.54. The predicted molar refractivity (Wildman–Crippen MR) is 61.5 cm³/mol. The van der Waals surface area contributed by atoms with E-state index in [2.05, 4.69) is 37.7 Å². The zero-order valence-electron chi connectivity index (χ0n) is 10.1. The van der Waals surface area contributed by atoms with E-state index in [1.807, 2.05) is 0 Å². The fourth-order valence-corrected chi connectivity index (χ4v) is 2.05. The molecule has 0 aromatic heterocycles. The van der Waals surface area contributed by atoms with E-state index in [1.54, 1.807) is 0 Å². The van der Waals surface area contributed by atoms with Crippen LogP contribution in [0.3, 0.4) is 0 Å². The van der Waals surface area contributed by atoms with Gasteiger partial charge in [-0.1, -0.05) is 31.6 Å². The molecule has 0 N–H and O–H groups in total. The minimum Gasteiger partial charge on any atom is -0.469 e. The lowest BCUT2D eigenvalue weighted by Crippen LogP contribution is -2.00. The van der Waals surface area contributed by atoms with Gasteiger partial charge in [0, 0.05) is 11.8 Å². The summed E-state index contributed by atoms with van der Waals surface area (Å²) in [6.07, 6.45) is 6.93. The molecule has 1 rings (SSSR count). The Hall–Kier alpha value is -1.05. The summed E-state index contributed by atoms with van der Waals surface area (Å²) in [5, 5.41) is 0. The van der Waals surface area contributed by atoms with Gasteiger partial charge in [-0.2, -0.15) is 0 Å². The molecule has 0 bridgehead atoms. The summed E-state index contributed by atoms with van der Waals surface area (Å²) in [7, 11) is 1.44. The van der Waals surface area contributed by atoms with E-state index in [0.29, 0.717) is 6.42 Å². The molecule has 0 amide bonds. The zero-order valence-corrected chi connectivity index (χ0v) is 10.1. The molecule has 84 valence electrons. The van der Waals surface area contributed by atoms with Crippen LogP contribution in [0.4, 0.5) is 0 Å². The molecule has 0 saturated carbocycles. The Morgan fingerprint density at radius 2 is 2.07 bits per heavy atom. The van der Waals surface area contributed by atoms with Crippen molar-refractivity contribution in [2.45, 2.75) is 40.0 Å². The van der Waals surface area contributed by atoms with Gasteiger partial charge in [-0.15, -0.1) is 0 Å². The van der Waals surface area contributed by atoms with Gasteiger partial charge in [-0.25, -0.2) is 0 Å². The van der Waals surface area contributed by atoms with Crippen molar-refractivity contribution in [3.8, 4) is 0 Å². The van der Waals surface area contributed by atoms with Gasteiger partial charge in [-0.3, -0.25) is 4.79 Å². The first-order chi connectivity index (χ1) is 6.94. The number of carbonyl (C=O) groups excluding carboxylic acids is 1. The van der Waals surface area contributed by atoms with Crippen LogP contribution in [0.5, 0.6) is 0 Å². The van der Waals surface area contributed by atoms with Gasteiger partial charge >= 0.3 is 5.97 Å². The van der Waals surface area contributed by atoms with Crippen LogP contribution in [0.25, 0.3) is 0 Å². The molecular weight excluding hydrogens is 188 g/mol. The number of allylic oxidation sites excluding steroid dienone is 4. The molecular formula is C13H20O2. The highest BCUT2D eigenvalue weighted by molar-refractivity contribution is 5.69. The smallest absolute Gasteiger partial charge is 0.305 e. The normalized spacial score (nSPS) is 18.4. The van der Waals surface area contributed by atoms with Crippen molar-refractivity contribution >= 4 is 5.97 Å². The van der Waals surface area contributed by atoms with Crippen LogP contribution in [0.2, 0.25) is 0 Å². The molecule has 15 heavy (non-hydrogen) atoms. The Bertz CT molecular complexity index is 308. The summed E-state index contributed by atoms with van der Waals surface area (Å²) in [6.45, 7) is 6.53. The fraction of sp³-hybridized carbons (Fsp3) is 0.615. The number of rotatable bonds is 4. The molecule has 0 radical (unpaired) electrons. The van der Waals surface area contributed by atoms with E-state index < -0.39 is 0 Å². The van der Waals surface area contributed by atoms with E-state index in [4.69, 9.17) is 0 Å². The molecule has 0 spiro atoms. The Kier molecular flexibility index (Phi) is 3.72. The van der Waals surface area contributed by atoms with Gasteiger partial charge in [0.2, 0.25) is 0 Å². The highest BCUT2D eigenvalue weighted by Gasteiger charge is 2.20. The van der Waals surface area contributed by atoms with E-state index in [1.165, 1.54) is 18.3 Å². The first-order valence-corrected chi connectivity index (χ1v) is 5.43. The number of hydrogen-bond acceptors (Lipinski definition) is 2. The minimum atomic E-state index is -0.116. The van der Waals surface area contributed by atoms with E-state index in [-0.39, 0.29) is 11.4 Å². The summed E-state index contributed by atoms with van der Waals surface area (Å²) < 4.78 is 4.61. The lowest BCUT2D eigenvalue weighted by Gasteiger charge is -2.09. The molecule has 0 saturated heterocycles. The average molecular weight is 208 g/mol. The molecule has 1 aliphatic carbocycles. The number of hydrogen-bond donors (Lipinski definition) is 0. The van der Waals surface area contributed by atoms with Gasteiger partial charge in [0.25, 0.3) is 0 Å². The van der Waals surface area contributed by atoms with E-state index in [9.17, 15) is 4.79 Å². The second-order valence-electron chi connectivity index (χ2n) is 4.75. The molecule has 0 heterocycles. The summed E-state index contributed by atoms with van der Waals surface area (Å²) >= 11 is 0. The van der Waals surface area contributed by atoms with Crippen molar-refractivity contribution in [1.29, 1.82) is 0 Å². The van der Waals surface area contributed by atoms with Crippen molar-refractivity contribution in [2.24, 2.45) is 5.41 Å². The molecule has 2 heteroatoms. The summed E-state index contributed by atoms with van der Waals surface area (Å²) in [5.41, 5.74) is 2.92. The highest BCUT2D eigenvalue weighted by atomic mass is 16.5. The largest absolute Gasteiger partial charge is 0.469 e. The number of esters is 1. The second kappa shape index (κ2) is 4.65. The fourth-order valence-electron chi connectivity index (χ4n) is 2.05. The van der Waals surface area contributed by atoms with Gasteiger partial charge in [0.1, 0.15) is 0 Å². The number of carbonyl (C=O) groups is 1. The van der Waals surface area contributed by atoms with Crippen LogP contribution in [0.1, 0.15) is 40.0 Å². The highest BCUT2D eigenvalue weighted by Crippen LogP contribution is 2.35. The molecule has 0 aromatic carbocycles.